The molecule has 0 aliphatic carbocycles. The van der Waals surface area contributed by atoms with Crippen molar-refractivity contribution in [3.63, 3.8) is 0 Å². The Hall–Kier alpha value is -2.26. The van der Waals surface area contributed by atoms with Crippen LogP contribution >= 0.6 is 11.3 Å². The molecular formula is C18H22N2O5S2. The normalized spacial score (nSPS) is 12.7. The lowest BCUT2D eigenvalue weighted by Crippen LogP contribution is -2.33. The average Bonchev–Trinajstić information content (AvgIpc) is 3.14. The van der Waals surface area contributed by atoms with Gasteiger partial charge in [0.15, 0.2) is 9.84 Å². The van der Waals surface area contributed by atoms with Crippen LogP contribution in [0.25, 0.3) is 0 Å². The van der Waals surface area contributed by atoms with Gasteiger partial charge in [-0.05, 0) is 23.4 Å². The molecule has 9 heteroatoms. The fourth-order valence-corrected chi connectivity index (χ4v) is 4.45. The number of nitrogens with one attached hydrogen (secondary N) is 1. The highest BCUT2D eigenvalue weighted by atomic mass is 32.2. The molecule has 1 N–H and O–H groups in total. The first-order chi connectivity index (χ1) is 12.7. The Bertz CT molecular complexity index is 919. The van der Waals surface area contributed by atoms with E-state index in [9.17, 15) is 23.3 Å². The highest BCUT2D eigenvalue weighted by Crippen LogP contribution is 2.31. The molecule has 0 saturated heterocycles. The molecule has 7 nitrogen and oxygen atoms in total. The van der Waals surface area contributed by atoms with Crippen molar-refractivity contribution in [2.45, 2.75) is 37.6 Å². The van der Waals surface area contributed by atoms with Gasteiger partial charge in [-0.3, -0.25) is 14.9 Å². The van der Waals surface area contributed by atoms with Crippen LogP contribution in [0.2, 0.25) is 0 Å². The van der Waals surface area contributed by atoms with Crippen molar-refractivity contribution in [2.75, 3.05) is 6.26 Å². The fourth-order valence-electron chi connectivity index (χ4n) is 2.91. The molecule has 146 valence electrons. The van der Waals surface area contributed by atoms with Crippen molar-refractivity contribution in [3.05, 3.63) is 56.3 Å². The van der Waals surface area contributed by atoms with Gasteiger partial charge >= 0.3 is 0 Å². The third kappa shape index (κ3) is 5.14. The molecular weight excluding hydrogens is 388 g/mol. The van der Waals surface area contributed by atoms with E-state index < -0.39 is 26.4 Å². The lowest BCUT2D eigenvalue weighted by Gasteiger charge is -2.25. The van der Waals surface area contributed by atoms with E-state index in [-0.39, 0.29) is 22.4 Å². The van der Waals surface area contributed by atoms with Crippen molar-refractivity contribution in [2.24, 2.45) is 5.92 Å². The highest BCUT2D eigenvalue weighted by molar-refractivity contribution is 7.90. The summed E-state index contributed by atoms with van der Waals surface area (Å²) in [5, 5.41) is 16.0. The Labute approximate surface area is 162 Å². The largest absolute Gasteiger partial charge is 0.344 e. The minimum atomic E-state index is -3.69. The number of sulfone groups is 1. The minimum Gasteiger partial charge on any atom is -0.344 e. The third-order valence-electron chi connectivity index (χ3n) is 4.45. The van der Waals surface area contributed by atoms with Crippen molar-refractivity contribution < 1.29 is 18.1 Å². The van der Waals surface area contributed by atoms with Crippen LogP contribution in [0.3, 0.4) is 0 Å². The van der Waals surface area contributed by atoms with Gasteiger partial charge in [-0.1, -0.05) is 32.8 Å². The number of non-ortho nitro benzene ring substituents is 1. The van der Waals surface area contributed by atoms with E-state index in [1.807, 2.05) is 31.4 Å². The molecule has 1 heterocycles. The maximum atomic E-state index is 12.8. The smallest absolute Gasteiger partial charge is 0.271 e. The Morgan fingerprint density at radius 1 is 1.26 bits per heavy atom. The van der Waals surface area contributed by atoms with Crippen molar-refractivity contribution in [3.8, 4) is 0 Å². The summed E-state index contributed by atoms with van der Waals surface area (Å²) in [5.74, 6) is -0.338. The Morgan fingerprint density at radius 3 is 2.41 bits per heavy atom. The Balaban J connectivity index is 2.43. The molecule has 1 atom stereocenters. The number of hydrogen-bond acceptors (Lipinski definition) is 6. The summed E-state index contributed by atoms with van der Waals surface area (Å²) in [5.41, 5.74) is -0.476. The second-order valence-electron chi connectivity index (χ2n) is 6.29. The van der Waals surface area contributed by atoms with E-state index in [2.05, 4.69) is 5.32 Å². The number of thiophene rings is 1. The van der Waals surface area contributed by atoms with Gasteiger partial charge in [0.25, 0.3) is 11.6 Å². The van der Waals surface area contributed by atoms with E-state index in [4.69, 9.17) is 0 Å². The van der Waals surface area contributed by atoms with Gasteiger partial charge < -0.3 is 5.32 Å². The van der Waals surface area contributed by atoms with Crippen LogP contribution in [0, 0.1) is 16.0 Å². The number of hydrogen-bond donors (Lipinski definition) is 1. The number of amides is 1. The third-order valence-corrected chi connectivity index (χ3v) is 6.50. The molecule has 0 aliphatic rings. The Kier molecular flexibility index (Phi) is 6.72. The summed E-state index contributed by atoms with van der Waals surface area (Å²) in [7, 11) is -3.69. The maximum absolute atomic E-state index is 12.8. The van der Waals surface area contributed by atoms with Crippen LogP contribution in [0.1, 0.15) is 48.0 Å². The minimum absolute atomic E-state index is 0.0443. The molecule has 0 aliphatic heterocycles. The van der Waals surface area contributed by atoms with E-state index in [1.165, 1.54) is 17.4 Å². The highest BCUT2D eigenvalue weighted by Gasteiger charge is 2.25. The maximum Gasteiger partial charge on any atom is 0.271 e. The molecule has 0 bridgehead atoms. The second-order valence-corrected chi connectivity index (χ2v) is 9.28. The Morgan fingerprint density at radius 2 is 1.93 bits per heavy atom. The lowest BCUT2D eigenvalue weighted by atomic mass is 9.92. The SMILES string of the molecule is CCC(CC)C(NC(=O)c1cc([N+](=O)[O-])cc(S(C)(=O)=O)c1)c1cccs1. The van der Waals surface area contributed by atoms with E-state index in [1.54, 1.807) is 0 Å². The van der Waals surface area contributed by atoms with Gasteiger partial charge in [-0.25, -0.2) is 8.42 Å². The van der Waals surface area contributed by atoms with Crippen LogP contribution in [0.15, 0.2) is 40.6 Å². The molecule has 0 radical (unpaired) electrons. The number of carbonyl (C=O) groups excluding carboxylic acids is 1. The number of nitro benzene ring substituents is 1. The van der Waals surface area contributed by atoms with E-state index in [0.717, 1.165) is 36.1 Å². The molecule has 0 fully saturated rings. The quantitative estimate of drug-likeness (QED) is 0.523. The van der Waals surface area contributed by atoms with E-state index >= 15 is 0 Å². The van der Waals surface area contributed by atoms with Gasteiger partial charge in [-0.2, -0.15) is 0 Å². The average molecular weight is 411 g/mol. The molecule has 2 rings (SSSR count). The van der Waals surface area contributed by atoms with E-state index in [0.29, 0.717) is 0 Å². The van der Waals surface area contributed by atoms with Gasteiger partial charge in [0.2, 0.25) is 0 Å². The summed E-state index contributed by atoms with van der Waals surface area (Å²) < 4.78 is 23.7. The van der Waals surface area contributed by atoms with Crippen LogP contribution in [-0.4, -0.2) is 25.5 Å². The first-order valence-electron chi connectivity index (χ1n) is 8.51. The first kappa shape index (κ1) is 21.0. The molecule has 27 heavy (non-hydrogen) atoms. The lowest BCUT2D eigenvalue weighted by molar-refractivity contribution is -0.385. The zero-order valence-electron chi connectivity index (χ0n) is 15.3. The van der Waals surface area contributed by atoms with Crippen LogP contribution in [0.5, 0.6) is 0 Å². The van der Waals surface area contributed by atoms with Crippen LogP contribution in [-0.2, 0) is 9.84 Å². The van der Waals surface area contributed by atoms with Crippen LogP contribution < -0.4 is 5.32 Å². The molecule has 1 aromatic heterocycles. The summed E-state index contributed by atoms with van der Waals surface area (Å²) in [6, 6.07) is 6.83. The molecule has 1 amide bonds. The number of rotatable bonds is 8. The zero-order valence-corrected chi connectivity index (χ0v) is 17.0. The van der Waals surface area contributed by atoms with Gasteiger partial charge in [0.05, 0.1) is 15.9 Å². The molecule has 1 unspecified atom stereocenters. The van der Waals surface area contributed by atoms with Gasteiger partial charge in [0.1, 0.15) is 0 Å². The van der Waals surface area contributed by atoms with Crippen molar-refractivity contribution in [1.82, 2.24) is 5.32 Å². The van der Waals surface area contributed by atoms with Crippen molar-refractivity contribution >= 4 is 32.8 Å². The second kappa shape index (κ2) is 8.62. The summed E-state index contributed by atoms with van der Waals surface area (Å²) in [6.07, 6.45) is 2.65. The molecule has 0 saturated carbocycles. The predicted octanol–water partition coefficient (Wildman–Crippen LogP) is 3.97. The summed E-state index contributed by atoms with van der Waals surface area (Å²) >= 11 is 1.52. The van der Waals surface area contributed by atoms with Gasteiger partial charge in [0, 0.05) is 28.8 Å². The zero-order chi connectivity index (χ0) is 20.2. The number of nitrogens with zero attached hydrogens (tertiary/aromatic N) is 1. The standard InChI is InChI=1S/C18H22N2O5S2/c1-4-12(5-2)17(16-7-6-8-26-16)19-18(21)13-9-14(20(22)23)11-15(10-13)27(3,24)25/h6-12,17H,4-5H2,1-3H3,(H,19,21). The molecule has 0 spiro atoms. The van der Waals surface area contributed by atoms with Gasteiger partial charge in [-0.15, -0.1) is 11.3 Å². The fraction of sp³-hybridized carbons (Fsp3) is 0.389. The monoisotopic (exact) mass is 410 g/mol. The predicted molar refractivity (Wildman–Crippen MR) is 105 cm³/mol. The molecule has 1 aromatic carbocycles. The first-order valence-corrected chi connectivity index (χ1v) is 11.3. The summed E-state index contributed by atoms with van der Waals surface area (Å²) in [6.45, 7) is 4.08. The van der Waals surface area contributed by atoms with Crippen LogP contribution in [0.4, 0.5) is 5.69 Å². The summed E-state index contributed by atoms with van der Waals surface area (Å²) in [4.78, 5) is 24.0. The molecule has 2 aromatic rings. The number of carbonyl (C=O) groups is 1. The number of benzene rings is 1. The van der Waals surface area contributed by atoms with Crippen molar-refractivity contribution in [1.29, 1.82) is 0 Å². The number of nitro groups is 1. The topological polar surface area (TPSA) is 106 Å².